The second-order valence-corrected chi connectivity index (χ2v) is 2.49. The van der Waals surface area contributed by atoms with Crippen molar-refractivity contribution in [2.75, 3.05) is 0 Å². The van der Waals surface area contributed by atoms with Gasteiger partial charge in [0.25, 0.3) is 0 Å². The van der Waals surface area contributed by atoms with Gasteiger partial charge in [-0.15, -0.1) is 0 Å². The topological polar surface area (TPSA) is 69.9 Å². The summed E-state index contributed by atoms with van der Waals surface area (Å²) in [6, 6.07) is 0. The van der Waals surface area contributed by atoms with Gasteiger partial charge < -0.3 is 10.2 Å². The van der Waals surface area contributed by atoms with Crippen molar-refractivity contribution in [1.82, 2.24) is 0 Å². The molecular formula is C10H13NO3. The predicted octanol–water partition coefficient (Wildman–Crippen LogP) is 1.15. The van der Waals surface area contributed by atoms with Crippen LogP contribution in [-0.4, -0.2) is 28.5 Å². The van der Waals surface area contributed by atoms with Gasteiger partial charge in [-0.05, 0) is 24.6 Å². The van der Waals surface area contributed by atoms with Gasteiger partial charge in [0.2, 0.25) is 0 Å². The number of aliphatic hydroxyl groups is 1. The van der Waals surface area contributed by atoms with Crippen molar-refractivity contribution in [3.05, 3.63) is 36.6 Å². The largest absolute Gasteiger partial charge is 0.478 e. The van der Waals surface area contributed by atoms with Gasteiger partial charge >= 0.3 is 5.97 Å². The molecule has 0 saturated heterocycles. The predicted molar refractivity (Wildman–Crippen MR) is 55.2 cm³/mol. The highest BCUT2D eigenvalue weighted by Gasteiger charge is 1.99. The Balaban J connectivity index is 4.59. The Morgan fingerprint density at radius 1 is 1.50 bits per heavy atom. The minimum atomic E-state index is -1.06. The number of carboxylic acids is 1. The molecule has 2 N–H and O–H groups in total. The van der Waals surface area contributed by atoms with Crippen LogP contribution in [0, 0.1) is 0 Å². The van der Waals surface area contributed by atoms with Crippen LogP contribution in [0.3, 0.4) is 0 Å². The normalized spacial score (nSPS) is 14.9. The van der Waals surface area contributed by atoms with Gasteiger partial charge in [0, 0.05) is 18.5 Å². The lowest BCUT2D eigenvalue weighted by Gasteiger charge is -2.02. The summed E-state index contributed by atoms with van der Waals surface area (Å²) < 4.78 is 0. The van der Waals surface area contributed by atoms with Crippen LogP contribution >= 0.6 is 0 Å². The molecule has 4 nitrogen and oxygen atoms in total. The Labute approximate surface area is 82.6 Å². The number of hydrogen-bond donors (Lipinski definition) is 2. The molecule has 0 radical (unpaired) electrons. The van der Waals surface area contributed by atoms with Crippen molar-refractivity contribution in [3.63, 3.8) is 0 Å². The van der Waals surface area contributed by atoms with Crippen LogP contribution in [0.25, 0.3) is 0 Å². The Morgan fingerprint density at radius 3 is 2.57 bits per heavy atom. The molecule has 0 aliphatic heterocycles. The summed E-state index contributed by atoms with van der Waals surface area (Å²) in [6.07, 6.45) is 5.84. The highest BCUT2D eigenvalue weighted by Crippen LogP contribution is 2.02. The van der Waals surface area contributed by atoms with Crippen molar-refractivity contribution in [3.8, 4) is 0 Å². The van der Waals surface area contributed by atoms with Crippen molar-refractivity contribution in [2.24, 2.45) is 4.99 Å². The first kappa shape index (κ1) is 12.3. The molecule has 0 aromatic heterocycles. The Hall–Kier alpha value is -1.68. The summed E-state index contributed by atoms with van der Waals surface area (Å²) in [5.41, 5.74) is 0.470. The van der Waals surface area contributed by atoms with E-state index in [2.05, 4.69) is 11.6 Å². The lowest BCUT2D eigenvalue weighted by molar-refractivity contribution is -0.131. The first-order valence-electron chi connectivity index (χ1n) is 4.01. The maximum absolute atomic E-state index is 10.2. The Kier molecular flexibility index (Phi) is 5.98. The number of nitrogens with zero attached hydrogens (tertiary/aromatic N) is 1. The van der Waals surface area contributed by atoms with E-state index in [9.17, 15) is 9.90 Å². The van der Waals surface area contributed by atoms with E-state index in [0.29, 0.717) is 5.57 Å². The summed E-state index contributed by atoms with van der Waals surface area (Å²) in [7, 11) is 0. The van der Waals surface area contributed by atoms with E-state index in [1.165, 1.54) is 24.6 Å². The van der Waals surface area contributed by atoms with E-state index in [-0.39, 0.29) is 0 Å². The van der Waals surface area contributed by atoms with Gasteiger partial charge in [0.15, 0.2) is 0 Å². The summed E-state index contributed by atoms with van der Waals surface area (Å²) in [5.74, 6) is -1.06. The molecule has 0 rings (SSSR count). The van der Waals surface area contributed by atoms with Crippen molar-refractivity contribution >= 4 is 12.2 Å². The minimum Gasteiger partial charge on any atom is -0.478 e. The van der Waals surface area contributed by atoms with Gasteiger partial charge in [-0.1, -0.05) is 6.58 Å². The molecule has 0 aliphatic carbocycles. The van der Waals surface area contributed by atoms with E-state index in [1.54, 1.807) is 6.92 Å². The third-order valence-corrected chi connectivity index (χ3v) is 1.36. The zero-order chi connectivity index (χ0) is 11.0. The second kappa shape index (κ2) is 6.80. The first-order valence-corrected chi connectivity index (χ1v) is 4.01. The first-order chi connectivity index (χ1) is 6.57. The third kappa shape index (κ3) is 5.91. The third-order valence-electron chi connectivity index (χ3n) is 1.36. The SMILES string of the molecule is C=CN=C/C=C(\C=C\C(=O)O)C(C)O. The number of hydrogen-bond acceptors (Lipinski definition) is 3. The lowest BCUT2D eigenvalue weighted by atomic mass is 10.1. The summed E-state index contributed by atoms with van der Waals surface area (Å²) in [6.45, 7) is 4.92. The zero-order valence-electron chi connectivity index (χ0n) is 7.92. The highest BCUT2D eigenvalue weighted by molar-refractivity contribution is 5.81. The van der Waals surface area contributed by atoms with Crippen LogP contribution in [0.1, 0.15) is 6.92 Å². The fraction of sp³-hybridized carbons (Fsp3) is 0.200. The van der Waals surface area contributed by atoms with E-state index in [0.717, 1.165) is 6.08 Å². The number of allylic oxidation sites excluding steroid dienone is 1. The lowest BCUT2D eigenvalue weighted by Crippen LogP contribution is -2.03. The summed E-state index contributed by atoms with van der Waals surface area (Å²) in [4.78, 5) is 13.9. The number of carboxylic acid groups (broad SMARTS) is 1. The molecule has 0 fully saturated rings. The average molecular weight is 195 g/mol. The van der Waals surface area contributed by atoms with Crippen LogP contribution in [0.5, 0.6) is 0 Å². The summed E-state index contributed by atoms with van der Waals surface area (Å²) >= 11 is 0. The quantitative estimate of drug-likeness (QED) is 0.392. The van der Waals surface area contributed by atoms with E-state index in [1.807, 2.05) is 0 Å². The molecule has 0 amide bonds. The average Bonchev–Trinajstić information content (AvgIpc) is 2.10. The Bertz CT molecular complexity index is 288. The molecule has 1 unspecified atom stereocenters. The monoisotopic (exact) mass is 195 g/mol. The van der Waals surface area contributed by atoms with Gasteiger partial charge in [0.05, 0.1) is 6.10 Å². The van der Waals surface area contributed by atoms with E-state index in [4.69, 9.17) is 5.11 Å². The molecule has 1 atom stereocenters. The van der Waals surface area contributed by atoms with Crippen molar-refractivity contribution in [2.45, 2.75) is 13.0 Å². The fourth-order valence-corrected chi connectivity index (χ4v) is 0.692. The maximum atomic E-state index is 10.2. The van der Waals surface area contributed by atoms with Gasteiger partial charge in [-0.3, -0.25) is 4.99 Å². The number of aliphatic imine (C=N–C) groups is 1. The molecule has 0 bridgehead atoms. The Morgan fingerprint density at radius 2 is 2.14 bits per heavy atom. The number of aliphatic carboxylic acids is 1. The standard InChI is InChI=1S/C10H13NO3/c1-3-11-7-6-9(8(2)12)4-5-10(13)14/h3-8,12H,1H2,2H3,(H,13,14)/b5-4+,9-6+,11-7?. The van der Waals surface area contributed by atoms with Crippen LogP contribution in [0.15, 0.2) is 41.6 Å². The molecule has 14 heavy (non-hydrogen) atoms. The van der Waals surface area contributed by atoms with Crippen LogP contribution < -0.4 is 0 Å². The highest BCUT2D eigenvalue weighted by atomic mass is 16.4. The molecule has 0 aliphatic rings. The fourth-order valence-electron chi connectivity index (χ4n) is 0.692. The zero-order valence-corrected chi connectivity index (χ0v) is 7.92. The molecule has 0 heterocycles. The minimum absolute atomic E-state index is 0.470. The second-order valence-electron chi connectivity index (χ2n) is 2.49. The smallest absolute Gasteiger partial charge is 0.328 e. The van der Waals surface area contributed by atoms with Crippen LogP contribution in [-0.2, 0) is 4.79 Å². The number of aliphatic hydroxyl groups excluding tert-OH is 1. The van der Waals surface area contributed by atoms with Crippen LogP contribution in [0.4, 0.5) is 0 Å². The summed E-state index contributed by atoms with van der Waals surface area (Å²) in [5, 5.41) is 17.6. The van der Waals surface area contributed by atoms with E-state index < -0.39 is 12.1 Å². The number of rotatable bonds is 5. The van der Waals surface area contributed by atoms with Gasteiger partial charge in [0.1, 0.15) is 0 Å². The molecule has 4 heteroatoms. The van der Waals surface area contributed by atoms with Crippen molar-refractivity contribution < 1.29 is 15.0 Å². The van der Waals surface area contributed by atoms with Crippen molar-refractivity contribution in [1.29, 1.82) is 0 Å². The van der Waals surface area contributed by atoms with Gasteiger partial charge in [-0.25, -0.2) is 4.79 Å². The molecule has 76 valence electrons. The molecule has 0 spiro atoms. The maximum Gasteiger partial charge on any atom is 0.328 e. The molecule has 0 aromatic carbocycles. The van der Waals surface area contributed by atoms with Gasteiger partial charge in [-0.2, -0.15) is 0 Å². The number of carbonyl (C=O) groups is 1. The molecule has 0 saturated carbocycles. The van der Waals surface area contributed by atoms with Crippen LogP contribution in [0.2, 0.25) is 0 Å². The molecular weight excluding hydrogens is 182 g/mol. The molecule has 0 aromatic rings. The van der Waals surface area contributed by atoms with E-state index >= 15 is 0 Å².